The van der Waals surface area contributed by atoms with Crippen LogP contribution in [0.4, 0.5) is 4.79 Å². The van der Waals surface area contributed by atoms with Crippen molar-refractivity contribution in [3.8, 4) is 5.88 Å². The number of nitrogens with zero attached hydrogens (tertiary/aromatic N) is 3. The molecule has 2 heterocycles. The van der Waals surface area contributed by atoms with Crippen LogP contribution in [0, 0.1) is 20.8 Å². The summed E-state index contributed by atoms with van der Waals surface area (Å²) in [6.45, 7) is 5.72. The van der Waals surface area contributed by atoms with Crippen molar-refractivity contribution in [1.82, 2.24) is 19.5 Å². The van der Waals surface area contributed by atoms with Crippen molar-refractivity contribution >= 4 is 11.7 Å². The van der Waals surface area contributed by atoms with Gasteiger partial charge in [-0.3, -0.25) is 5.10 Å². The first kappa shape index (κ1) is 11.5. The summed E-state index contributed by atoms with van der Waals surface area (Å²) in [4.78, 5) is 17.3. The van der Waals surface area contributed by atoms with E-state index in [9.17, 15) is 4.79 Å². The number of fused-ring (bicyclic) bond motifs is 1. The van der Waals surface area contributed by atoms with E-state index in [4.69, 9.17) is 4.74 Å². The van der Waals surface area contributed by atoms with E-state index < -0.39 is 6.09 Å². The van der Waals surface area contributed by atoms with Crippen LogP contribution in [-0.4, -0.2) is 39.7 Å². The van der Waals surface area contributed by atoms with Crippen LogP contribution in [0.3, 0.4) is 0 Å². The zero-order valence-corrected chi connectivity index (χ0v) is 10.7. The Bertz CT molecular complexity index is 580. The molecule has 0 saturated heterocycles. The number of H-pyrrole nitrogens is 1. The Morgan fingerprint density at radius 1 is 1.29 bits per heavy atom. The maximum Gasteiger partial charge on any atom is 0.416 e. The molecule has 0 fully saturated rings. The monoisotopic (exact) mass is 236 g/mol. The summed E-state index contributed by atoms with van der Waals surface area (Å²) in [5.74, 6) is 1.28. The summed E-state index contributed by atoms with van der Waals surface area (Å²) in [6.07, 6.45) is -0.403. The Kier molecular flexibility index (Phi) is 2.57. The molecule has 0 saturated carbocycles. The summed E-state index contributed by atoms with van der Waals surface area (Å²) in [7, 11) is 3.29. The second kappa shape index (κ2) is 3.80. The minimum Gasteiger partial charge on any atom is -0.391 e. The smallest absolute Gasteiger partial charge is 0.391 e. The van der Waals surface area contributed by atoms with Gasteiger partial charge >= 0.3 is 6.09 Å². The van der Waals surface area contributed by atoms with E-state index in [0.717, 1.165) is 22.6 Å². The lowest BCUT2D eigenvalue weighted by Crippen LogP contribution is -2.26. The molecule has 1 N–H and O–H groups in total. The van der Waals surface area contributed by atoms with Crippen LogP contribution in [0.5, 0.6) is 5.88 Å². The summed E-state index contributed by atoms with van der Waals surface area (Å²) in [5.41, 5.74) is 2.72. The molecule has 0 aliphatic rings. The molecule has 6 nitrogen and oxygen atoms in total. The lowest BCUT2D eigenvalue weighted by molar-refractivity contribution is 0.168. The number of rotatable bonds is 1. The van der Waals surface area contributed by atoms with Crippen LogP contribution in [0.25, 0.3) is 5.65 Å². The molecule has 6 heteroatoms. The average molecular weight is 236 g/mol. The van der Waals surface area contributed by atoms with E-state index in [2.05, 4.69) is 10.1 Å². The van der Waals surface area contributed by atoms with Crippen LogP contribution >= 0.6 is 0 Å². The first-order valence-electron chi connectivity index (χ1n) is 5.35. The zero-order valence-electron chi connectivity index (χ0n) is 10.7. The van der Waals surface area contributed by atoms with E-state index in [1.165, 1.54) is 4.90 Å². The third-order valence-electron chi connectivity index (χ3n) is 2.73. The Morgan fingerprint density at radius 2 is 1.94 bits per heavy atom. The predicted octanol–water partition coefficient (Wildman–Crippen LogP) is 1.65. The molecular formula is C11H16N4O2. The van der Waals surface area contributed by atoms with Gasteiger partial charge in [-0.1, -0.05) is 0 Å². The van der Waals surface area contributed by atoms with Gasteiger partial charge in [0.05, 0.1) is 0 Å². The molecule has 0 radical (unpaired) electrons. The van der Waals surface area contributed by atoms with Crippen molar-refractivity contribution in [2.24, 2.45) is 0 Å². The number of carbonyl (C=O) groups excluding carboxylic acids is 1. The number of aromatic nitrogens is 3. The molecule has 92 valence electrons. The van der Waals surface area contributed by atoms with Gasteiger partial charge in [0.15, 0.2) is 5.65 Å². The van der Waals surface area contributed by atoms with E-state index >= 15 is 0 Å². The first-order chi connectivity index (χ1) is 7.91. The molecule has 0 unspecified atom stereocenters. The van der Waals surface area contributed by atoms with E-state index in [1.54, 1.807) is 18.6 Å². The van der Waals surface area contributed by atoms with Crippen LogP contribution in [0.1, 0.15) is 17.0 Å². The highest BCUT2D eigenvalue weighted by molar-refractivity contribution is 5.71. The highest BCUT2D eigenvalue weighted by atomic mass is 16.6. The molecule has 0 aliphatic heterocycles. The molecule has 0 spiro atoms. The number of hydrogen-bond donors (Lipinski definition) is 1. The van der Waals surface area contributed by atoms with E-state index in [-0.39, 0.29) is 0 Å². The third kappa shape index (κ3) is 1.75. The van der Waals surface area contributed by atoms with Gasteiger partial charge in [-0.25, -0.2) is 14.3 Å². The molecule has 0 aromatic carbocycles. The summed E-state index contributed by atoms with van der Waals surface area (Å²) in [5, 5.41) is 3.04. The number of ether oxygens (including phenoxy) is 1. The summed E-state index contributed by atoms with van der Waals surface area (Å²) >= 11 is 0. The van der Waals surface area contributed by atoms with Gasteiger partial charge in [0.2, 0.25) is 5.88 Å². The topological polar surface area (TPSA) is 62.6 Å². The van der Waals surface area contributed by atoms with E-state index in [0.29, 0.717) is 5.88 Å². The van der Waals surface area contributed by atoms with Crippen molar-refractivity contribution in [2.75, 3.05) is 14.1 Å². The maximum absolute atomic E-state index is 11.6. The molecule has 0 aliphatic carbocycles. The normalized spacial score (nSPS) is 10.9. The van der Waals surface area contributed by atoms with Crippen LogP contribution in [-0.2, 0) is 0 Å². The fraction of sp³-hybridized carbons (Fsp3) is 0.455. The van der Waals surface area contributed by atoms with Crippen molar-refractivity contribution in [2.45, 2.75) is 20.8 Å². The highest BCUT2D eigenvalue weighted by Gasteiger charge is 2.19. The van der Waals surface area contributed by atoms with Crippen molar-refractivity contribution < 1.29 is 9.53 Å². The van der Waals surface area contributed by atoms with Crippen molar-refractivity contribution in [3.63, 3.8) is 0 Å². The fourth-order valence-corrected chi connectivity index (χ4v) is 1.64. The number of carbonyl (C=O) groups is 1. The van der Waals surface area contributed by atoms with Gasteiger partial charge in [-0.15, -0.1) is 0 Å². The largest absolute Gasteiger partial charge is 0.416 e. The SMILES string of the molecule is Cc1nc2c(C)c(C)c(OC(=O)N(C)C)n2[nH]1. The minimum absolute atomic E-state index is 0.403. The predicted molar refractivity (Wildman–Crippen MR) is 63.5 cm³/mol. The number of aryl methyl sites for hydroxylation is 2. The summed E-state index contributed by atoms with van der Waals surface area (Å²) < 4.78 is 7.03. The van der Waals surface area contributed by atoms with E-state index in [1.807, 2.05) is 20.8 Å². The molecule has 2 aromatic heterocycles. The summed E-state index contributed by atoms with van der Waals surface area (Å²) in [6, 6.07) is 0. The minimum atomic E-state index is -0.403. The van der Waals surface area contributed by atoms with Gasteiger partial charge in [0.25, 0.3) is 0 Å². The van der Waals surface area contributed by atoms with Crippen LogP contribution in [0.15, 0.2) is 0 Å². The third-order valence-corrected chi connectivity index (χ3v) is 2.73. The van der Waals surface area contributed by atoms with Crippen molar-refractivity contribution in [3.05, 3.63) is 17.0 Å². The molecule has 1 amide bonds. The van der Waals surface area contributed by atoms with Gasteiger partial charge in [0, 0.05) is 25.2 Å². The quantitative estimate of drug-likeness (QED) is 0.818. The number of hydrogen-bond acceptors (Lipinski definition) is 3. The molecular weight excluding hydrogens is 220 g/mol. The average Bonchev–Trinajstić information content (AvgIpc) is 2.72. The molecule has 17 heavy (non-hydrogen) atoms. The lowest BCUT2D eigenvalue weighted by atomic mass is 10.2. The van der Waals surface area contributed by atoms with Crippen LogP contribution < -0.4 is 4.74 Å². The van der Waals surface area contributed by atoms with Gasteiger partial charge in [0.1, 0.15) is 5.82 Å². The standard InChI is InChI=1S/C11H16N4O2/c1-6-7(2)10(17-11(16)14(4)5)15-9(6)12-8(3)13-15/h1-5H3,(H,12,13). The highest BCUT2D eigenvalue weighted by Crippen LogP contribution is 2.27. The Balaban J connectivity index is 2.52. The van der Waals surface area contributed by atoms with Crippen molar-refractivity contribution in [1.29, 1.82) is 0 Å². The van der Waals surface area contributed by atoms with Gasteiger partial charge in [-0.2, -0.15) is 0 Å². The maximum atomic E-state index is 11.6. The molecule has 2 aromatic rings. The van der Waals surface area contributed by atoms with Gasteiger partial charge in [-0.05, 0) is 20.8 Å². The molecule has 0 bridgehead atoms. The van der Waals surface area contributed by atoms with Gasteiger partial charge < -0.3 is 9.64 Å². The number of aromatic amines is 1. The molecule has 2 rings (SSSR count). The first-order valence-corrected chi connectivity index (χ1v) is 5.35. The molecule has 0 atom stereocenters. The Labute approximate surface area is 99.2 Å². The Hall–Kier alpha value is -1.98. The fourth-order valence-electron chi connectivity index (χ4n) is 1.64. The number of amides is 1. The second-order valence-corrected chi connectivity index (χ2v) is 4.29. The second-order valence-electron chi connectivity index (χ2n) is 4.29. The lowest BCUT2D eigenvalue weighted by Gasteiger charge is -2.10. The Morgan fingerprint density at radius 3 is 2.53 bits per heavy atom. The van der Waals surface area contributed by atoms with Crippen LogP contribution in [0.2, 0.25) is 0 Å². The zero-order chi connectivity index (χ0) is 12.7. The number of nitrogens with one attached hydrogen (secondary N) is 1.